The molecule has 0 aliphatic carbocycles. The Kier molecular flexibility index (Phi) is 20.6. The number of rotatable bonds is 4. The van der Waals surface area contributed by atoms with Gasteiger partial charge in [0, 0.05) is 0 Å². The summed E-state index contributed by atoms with van der Waals surface area (Å²) in [4.78, 5) is 52.5. The standard InChI is InChI=1S/4C3HBrN2O2S.2ClH.Rh/c4*4-3-5-1-2(9-3)6(7)8;;;/h4*1H;2*1H;/q;;;;;;+2/p-2. The summed E-state index contributed by atoms with van der Waals surface area (Å²) in [6.07, 6.45) is 4.87. The first kappa shape index (κ1) is 38.2. The number of halogens is 6. The molecule has 39 heavy (non-hydrogen) atoms. The molecule has 27 heteroatoms. The molecule has 4 aromatic rings. The fraction of sp³-hybridized carbons (Fsp3) is 0. The van der Waals surface area contributed by atoms with E-state index in [1.807, 2.05) is 0 Å². The summed E-state index contributed by atoms with van der Waals surface area (Å²) in [6.45, 7) is 0. The number of aromatic nitrogens is 4. The number of thiazole rings is 4. The van der Waals surface area contributed by atoms with E-state index in [0.29, 0.717) is 15.7 Å². The molecule has 4 aromatic heterocycles. The van der Waals surface area contributed by atoms with Crippen molar-refractivity contribution in [3.05, 3.63) is 80.9 Å². The predicted molar refractivity (Wildman–Crippen MR) is 158 cm³/mol. The van der Waals surface area contributed by atoms with E-state index in [2.05, 4.69) is 83.7 Å². The number of nitro groups is 4. The molecule has 0 saturated carbocycles. The van der Waals surface area contributed by atoms with Gasteiger partial charge in [-0.05, 0) is 109 Å². The zero-order valence-corrected chi connectivity index (χ0v) is 30.1. The van der Waals surface area contributed by atoms with Crippen LogP contribution in [0.5, 0.6) is 0 Å². The molecule has 0 radical (unpaired) electrons. The maximum atomic E-state index is 9.97. The van der Waals surface area contributed by atoms with Crippen molar-refractivity contribution in [3.8, 4) is 0 Å². The van der Waals surface area contributed by atoms with Crippen molar-refractivity contribution in [3.63, 3.8) is 0 Å². The van der Waals surface area contributed by atoms with E-state index in [9.17, 15) is 40.5 Å². The number of nitrogens with zero attached hydrogens (tertiary/aromatic N) is 8. The van der Waals surface area contributed by atoms with Gasteiger partial charge in [-0.1, -0.05) is 0 Å². The van der Waals surface area contributed by atoms with Crippen LogP contribution in [0.15, 0.2) is 40.5 Å². The first-order valence-corrected chi connectivity index (χ1v) is 18.7. The zero-order chi connectivity index (χ0) is 30.1. The minimum absolute atomic E-state index is 0.0573. The molecule has 0 atom stereocenters. The monoisotopic (exact) mass is 1000 g/mol. The van der Waals surface area contributed by atoms with E-state index in [-0.39, 0.29) is 35.1 Å². The van der Waals surface area contributed by atoms with Crippen LogP contribution in [0.25, 0.3) is 0 Å². The Morgan fingerprint density at radius 2 is 0.692 bits per heavy atom. The Bertz CT molecular complexity index is 1180. The van der Waals surface area contributed by atoms with Gasteiger partial charge in [0.25, 0.3) is 0 Å². The van der Waals surface area contributed by atoms with Gasteiger partial charge in [0.15, 0.2) is 15.7 Å². The first-order chi connectivity index (χ1) is 18.2. The summed E-state index contributed by atoms with van der Waals surface area (Å²) in [7, 11) is 9.67. The molecule has 0 saturated heterocycles. The number of hydrogen-bond donors (Lipinski definition) is 0. The van der Waals surface area contributed by atoms with Gasteiger partial charge in [0.1, 0.15) is 24.8 Å². The van der Waals surface area contributed by atoms with Crippen LogP contribution in [-0.2, 0) is 15.1 Å². The summed E-state index contributed by atoms with van der Waals surface area (Å²) >= 11 is 15.8. The second-order valence-corrected chi connectivity index (χ2v) is 16.5. The van der Waals surface area contributed by atoms with Crippen LogP contribution < -0.4 is 0 Å². The summed E-state index contributed by atoms with van der Waals surface area (Å²) in [5.41, 5.74) is 0. The van der Waals surface area contributed by atoms with Gasteiger partial charge in [-0.2, -0.15) is 0 Å². The summed E-state index contributed by atoms with van der Waals surface area (Å²) in [5, 5.41) is 40.1. The third-order valence-electron chi connectivity index (χ3n) is 2.58. The first-order valence-electron chi connectivity index (χ1n) is 8.08. The topological polar surface area (TPSA) is 224 Å². The Morgan fingerprint density at radius 3 is 0.744 bits per heavy atom. The molecular formula is C12H4Br4Cl2N8O8RhS4. The Morgan fingerprint density at radius 1 is 0.538 bits per heavy atom. The molecule has 0 N–H and O–H groups in total. The van der Waals surface area contributed by atoms with Gasteiger partial charge in [0.05, 0.1) is 19.7 Å². The van der Waals surface area contributed by atoms with Crippen LogP contribution in [0.3, 0.4) is 0 Å². The van der Waals surface area contributed by atoms with Crippen LogP contribution in [0.1, 0.15) is 0 Å². The van der Waals surface area contributed by atoms with E-state index < -0.39 is 19.7 Å². The summed E-state index contributed by atoms with van der Waals surface area (Å²) in [5.74, 6) is 0. The van der Waals surface area contributed by atoms with E-state index in [1.54, 1.807) is 0 Å². The molecule has 0 aliphatic heterocycles. The van der Waals surface area contributed by atoms with Gasteiger partial charge >= 0.3 is 54.5 Å². The van der Waals surface area contributed by atoms with Crippen LogP contribution in [0, 0.1) is 40.5 Å². The Labute approximate surface area is 281 Å². The third kappa shape index (κ3) is 17.6. The third-order valence-corrected chi connectivity index (χ3v) is 8.29. The quantitative estimate of drug-likeness (QED) is 0.106. The summed E-state index contributed by atoms with van der Waals surface area (Å²) in [6, 6.07) is 0. The molecule has 4 heterocycles. The molecule has 0 bridgehead atoms. The van der Waals surface area contributed by atoms with Crippen molar-refractivity contribution in [2.75, 3.05) is 0 Å². The Balaban J connectivity index is 0.000000477. The molecule has 0 unspecified atom stereocenters. The molecule has 0 aromatic carbocycles. The second-order valence-electron chi connectivity index (χ2n) is 4.88. The van der Waals surface area contributed by atoms with E-state index in [0.717, 1.165) is 45.3 Å². The fourth-order valence-corrected chi connectivity index (χ4v) is 5.55. The van der Waals surface area contributed by atoms with Crippen LogP contribution in [0.4, 0.5) is 20.0 Å². The van der Waals surface area contributed by atoms with Crippen LogP contribution in [-0.4, -0.2) is 39.6 Å². The SMILES string of the molecule is O=[N+]([O-])c1cnc(Br)s1.O=[N+]([O-])c1cnc(Br)s1.O=[N+]([O-])c1cnc(Br)s1.O=[N+]([O-])c1cnc(Br)s1.[Cl][Rh][Cl]. The molecular weight excluding hydrogens is 1010 g/mol. The van der Waals surface area contributed by atoms with E-state index in [4.69, 9.17) is 19.4 Å². The van der Waals surface area contributed by atoms with Gasteiger partial charge in [0.2, 0.25) is 0 Å². The number of hydrogen-bond acceptors (Lipinski definition) is 16. The molecule has 0 spiro atoms. The molecule has 0 amide bonds. The predicted octanol–water partition coefficient (Wildman–Crippen LogP) is 8.63. The molecule has 0 fully saturated rings. The van der Waals surface area contributed by atoms with E-state index in [1.165, 1.54) is 24.8 Å². The Hall–Kier alpha value is -0.757. The molecule has 215 valence electrons. The van der Waals surface area contributed by atoms with Crippen molar-refractivity contribution >= 4 is 148 Å². The second kappa shape index (κ2) is 21.0. The normalized spacial score (nSPS) is 9.28. The molecule has 16 nitrogen and oxygen atoms in total. The zero-order valence-electron chi connectivity index (χ0n) is 17.4. The maximum absolute atomic E-state index is 9.97. The van der Waals surface area contributed by atoms with Crippen molar-refractivity contribution < 1.29 is 34.8 Å². The van der Waals surface area contributed by atoms with Crippen molar-refractivity contribution in [1.82, 2.24) is 19.9 Å². The fourth-order valence-electron chi connectivity index (χ4n) is 1.32. The van der Waals surface area contributed by atoms with Crippen LogP contribution >= 0.6 is 128 Å². The van der Waals surface area contributed by atoms with Crippen LogP contribution in [0.2, 0.25) is 0 Å². The summed E-state index contributed by atoms with van der Waals surface area (Å²) < 4.78 is 2.15. The van der Waals surface area contributed by atoms with E-state index >= 15 is 0 Å². The van der Waals surface area contributed by atoms with Crippen molar-refractivity contribution in [2.45, 2.75) is 0 Å². The van der Waals surface area contributed by atoms with Gasteiger partial charge in [-0.15, -0.1) is 0 Å². The average Bonchev–Trinajstić information content (AvgIpc) is 3.64. The van der Waals surface area contributed by atoms with Gasteiger partial charge in [-0.3, -0.25) is 40.5 Å². The minimum atomic E-state index is -0.470. The van der Waals surface area contributed by atoms with Crippen molar-refractivity contribution in [2.24, 2.45) is 0 Å². The van der Waals surface area contributed by atoms with Crippen molar-refractivity contribution in [1.29, 1.82) is 0 Å². The van der Waals surface area contributed by atoms with Gasteiger partial charge in [-0.25, -0.2) is 19.9 Å². The average molecular weight is 1010 g/mol. The molecule has 0 aliphatic rings. The molecule has 4 rings (SSSR count). The van der Waals surface area contributed by atoms with Gasteiger partial charge < -0.3 is 0 Å².